The molecule has 0 aromatic rings. The first kappa shape index (κ1) is 11.1. The maximum absolute atomic E-state index is 11.1. The Labute approximate surface area is 108 Å². The van der Waals surface area contributed by atoms with Crippen LogP contribution >= 0.6 is 0 Å². The average Bonchev–Trinajstić information content (AvgIpc) is 3.06. The van der Waals surface area contributed by atoms with Crippen LogP contribution in [0.5, 0.6) is 0 Å². The van der Waals surface area contributed by atoms with Crippen molar-refractivity contribution in [2.24, 2.45) is 35.0 Å². The maximum Gasteiger partial charge on any atom is 0.330 e. The average molecular weight is 246 g/mol. The summed E-state index contributed by atoms with van der Waals surface area (Å²) >= 11 is 0. The van der Waals surface area contributed by atoms with Crippen molar-refractivity contribution >= 4 is 5.97 Å². The van der Waals surface area contributed by atoms with E-state index in [0.717, 1.165) is 36.0 Å². The van der Waals surface area contributed by atoms with Crippen LogP contribution in [0.1, 0.15) is 44.9 Å². The Bertz CT molecular complexity index is 427. The number of carboxylic acids is 1. The van der Waals surface area contributed by atoms with Gasteiger partial charge in [-0.25, -0.2) is 4.79 Å². The van der Waals surface area contributed by atoms with Gasteiger partial charge in [0.25, 0.3) is 0 Å². The largest absolute Gasteiger partial charge is 0.478 e. The van der Waals surface area contributed by atoms with Crippen LogP contribution in [0, 0.1) is 35.0 Å². The Kier molecular flexibility index (Phi) is 2.09. The molecule has 0 saturated heterocycles. The molecule has 0 radical (unpaired) electrons. The molecular weight excluding hydrogens is 224 g/mol. The summed E-state index contributed by atoms with van der Waals surface area (Å²) in [6.07, 6.45) is 9.03. The number of rotatable bonds is 3. The lowest BCUT2D eigenvalue weighted by Crippen LogP contribution is -2.36. The van der Waals surface area contributed by atoms with Crippen LogP contribution in [0.15, 0.2) is 12.2 Å². The summed E-state index contributed by atoms with van der Waals surface area (Å²) in [5.41, 5.74) is 0.795. The van der Waals surface area contributed by atoms with Gasteiger partial charge >= 0.3 is 5.97 Å². The molecule has 4 bridgehead atoms. The van der Waals surface area contributed by atoms with E-state index >= 15 is 0 Å². The predicted molar refractivity (Wildman–Crippen MR) is 69.0 cm³/mol. The normalized spacial score (nSPS) is 51.7. The molecule has 4 fully saturated rings. The molecule has 4 aliphatic rings. The monoisotopic (exact) mass is 246 g/mol. The summed E-state index contributed by atoms with van der Waals surface area (Å²) in [7, 11) is 0. The van der Waals surface area contributed by atoms with E-state index in [2.05, 4.69) is 6.58 Å². The van der Waals surface area contributed by atoms with Crippen LogP contribution in [0.3, 0.4) is 0 Å². The van der Waals surface area contributed by atoms with Crippen LogP contribution in [0.4, 0.5) is 0 Å². The van der Waals surface area contributed by atoms with Crippen molar-refractivity contribution in [2.45, 2.75) is 44.9 Å². The van der Waals surface area contributed by atoms with E-state index in [9.17, 15) is 4.79 Å². The minimum absolute atomic E-state index is 0.338. The van der Waals surface area contributed by atoms with Crippen LogP contribution in [-0.2, 0) is 4.79 Å². The van der Waals surface area contributed by atoms with E-state index in [1.807, 2.05) is 0 Å². The van der Waals surface area contributed by atoms with Gasteiger partial charge in [-0.15, -0.1) is 0 Å². The van der Waals surface area contributed by atoms with Crippen LogP contribution in [0.25, 0.3) is 0 Å². The summed E-state index contributed by atoms with van der Waals surface area (Å²) in [6, 6.07) is 0. The minimum Gasteiger partial charge on any atom is -0.478 e. The van der Waals surface area contributed by atoms with Crippen LogP contribution in [-0.4, -0.2) is 11.1 Å². The van der Waals surface area contributed by atoms with Crippen molar-refractivity contribution in [3.8, 4) is 0 Å². The predicted octanol–water partition coefficient (Wildman–Crippen LogP) is 3.48. The molecule has 4 rings (SSSR count). The first-order valence-corrected chi connectivity index (χ1v) is 7.52. The molecule has 0 amide bonds. The highest BCUT2D eigenvalue weighted by Gasteiger charge is 2.65. The van der Waals surface area contributed by atoms with E-state index in [1.54, 1.807) is 0 Å². The van der Waals surface area contributed by atoms with Gasteiger partial charge in [0, 0.05) is 5.57 Å². The fraction of sp³-hybridized carbons (Fsp3) is 0.812. The second-order valence-electron chi connectivity index (χ2n) is 7.39. The lowest BCUT2D eigenvalue weighted by atomic mass is 9.62. The molecule has 6 unspecified atom stereocenters. The van der Waals surface area contributed by atoms with Gasteiger partial charge in [-0.05, 0) is 80.0 Å². The SMILES string of the molecule is C=C(CC12CCC(C1)C1C3CCC(C3)C12)C(=O)O. The number of hydrogen-bond donors (Lipinski definition) is 1. The Morgan fingerprint density at radius 2 is 2.00 bits per heavy atom. The summed E-state index contributed by atoms with van der Waals surface area (Å²) in [5, 5.41) is 9.14. The topological polar surface area (TPSA) is 37.3 Å². The summed E-state index contributed by atoms with van der Waals surface area (Å²) in [4.78, 5) is 11.1. The molecular formula is C16H22O2. The van der Waals surface area contributed by atoms with Crippen molar-refractivity contribution in [2.75, 3.05) is 0 Å². The van der Waals surface area contributed by atoms with E-state index < -0.39 is 5.97 Å². The highest BCUT2D eigenvalue weighted by atomic mass is 16.4. The lowest BCUT2D eigenvalue weighted by molar-refractivity contribution is -0.133. The smallest absolute Gasteiger partial charge is 0.330 e. The molecule has 0 aliphatic heterocycles. The van der Waals surface area contributed by atoms with E-state index in [1.165, 1.54) is 38.5 Å². The first-order valence-electron chi connectivity index (χ1n) is 7.52. The molecule has 6 atom stereocenters. The van der Waals surface area contributed by atoms with Gasteiger partial charge in [-0.1, -0.05) is 6.58 Å². The van der Waals surface area contributed by atoms with E-state index in [0.29, 0.717) is 11.0 Å². The summed E-state index contributed by atoms with van der Waals surface area (Å²) < 4.78 is 0. The third kappa shape index (κ3) is 1.22. The van der Waals surface area contributed by atoms with E-state index in [4.69, 9.17) is 5.11 Å². The zero-order valence-corrected chi connectivity index (χ0v) is 10.9. The quantitative estimate of drug-likeness (QED) is 0.611. The second kappa shape index (κ2) is 3.40. The minimum atomic E-state index is -0.778. The van der Waals surface area contributed by atoms with Crippen LogP contribution in [0.2, 0.25) is 0 Å². The van der Waals surface area contributed by atoms with Gasteiger partial charge in [-0.3, -0.25) is 0 Å². The molecule has 4 saturated carbocycles. The molecule has 0 aromatic carbocycles. The Morgan fingerprint density at radius 3 is 2.78 bits per heavy atom. The summed E-state index contributed by atoms with van der Waals surface area (Å²) in [6.45, 7) is 3.81. The maximum atomic E-state index is 11.1. The van der Waals surface area contributed by atoms with Gasteiger partial charge in [-0.2, -0.15) is 0 Å². The van der Waals surface area contributed by atoms with Crippen molar-refractivity contribution in [3.05, 3.63) is 12.2 Å². The zero-order valence-electron chi connectivity index (χ0n) is 10.9. The number of fused-ring (bicyclic) bond motifs is 9. The van der Waals surface area contributed by atoms with Crippen LogP contribution < -0.4 is 0 Å². The van der Waals surface area contributed by atoms with Crippen molar-refractivity contribution in [1.29, 1.82) is 0 Å². The molecule has 18 heavy (non-hydrogen) atoms. The lowest BCUT2D eigenvalue weighted by Gasteiger charge is -2.42. The number of hydrogen-bond acceptors (Lipinski definition) is 1. The van der Waals surface area contributed by atoms with Gasteiger partial charge in [0.2, 0.25) is 0 Å². The first-order chi connectivity index (χ1) is 8.61. The van der Waals surface area contributed by atoms with Crippen molar-refractivity contribution in [3.63, 3.8) is 0 Å². The molecule has 0 heterocycles. The molecule has 98 valence electrons. The third-order valence-corrected chi connectivity index (χ3v) is 6.78. The molecule has 2 nitrogen and oxygen atoms in total. The number of aliphatic carboxylic acids is 1. The zero-order chi connectivity index (χ0) is 12.5. The molecule has 0 spiro atoms. The van der Waals surface area contributed by atoms with Crippen molar-refractivity contribution in [1.82, 2.24) is 0 Å². The van der Waals surface area contributed by atoms with Gasteiger partial charge in [0.15, 0.2) is 0 Å². The molecule has 0 aromatic heterocycles. The fourth-order valence-corrected chi connectivity index (χ4v) is 6.53. The van der Waals surface area contributed by atoms with Gasteiger partial charge in [0.05, 0.1) is 0 Å². The fourth-order valence-electron chi connectivity index (χ4n) is 6.53. The standard InChI is InChI=1S/C16H22O2/c1-9(15(17)18)7-16-5-4-12(8-16)13-10-2-3-11(6-10)14(13)16/h10-14H,1-8H2,(H,17,18). The Morgan fingerprint density at radius 1 is 1.22 bits per heavy atom. The van der Waals surface area contributed by atoms with Crippen molar-refractivity contribution < 1.29 is 9.90 Å². The van der Waals surface area contributed by atoms with E-state index in [-0.39, 0.29) is 0 Å². The second-order valence-corrected chi connectivity index (χ2v) is 7.39. The Hall–Kier alpha value is -0.790. The molecule has 2 heteroatoms. The molecule has 4 aliphatic carbocycles. The number of carbonyl (C=O) groups is 1. The molecule has 1 N–H and O–H groups in total. The third-order valence-electron chi connectivity index (χ3n) is 6.78. The summed E-state index contributed by atoms with van der Waals surface area (Å²) in [5.74, 6) is 3.87. The number of carboxylic acid groups (broad SMARTS) is 1. The highest BCUT2D eigenvalue weighted by molar-refractivity contribution is 5.85. The van der Waals surface area contributed by atoms with Gasteiger partial charge in [0.1, 0.15) is 0 Å². The Balaban J connectivity index is 1.65. The van der Waals surface area contributed by atoms with Gasteiger partial charge < -0.3 is 5.11 Å². The highest BCUT2D eigenvalue weighted by Crippen LogP contribution is 2.73.